The molecule has 2 saturated carbocycles. The maximum atomic E-state index is 12.3. The first-order chi connectivity index (χ1) is 12.2. The minimum absolute atomic E-state index is 0.143. The Kier molecular flexibility index (Phi) is 4.48. The van der Waals surface area contributed by atoms with Crippen molar-refractivity contribution in [1.29, 1.82) is 0 Å². The number of carbonyl (C=O) groups is 1. The van der Waals surface area contributed by atoms with Crippen LogP contribution in [0.1, 0.15) is 37.7 Å². The molecule has 0 aliphatic heterocycles. The summed E-state index contributed by atoms with van der Waals surface area (Å²) in [6, 6.07) is 15.6. The summed E-state index contributed by atoms with van der Waals surface area (Å²) < 4.78 is 5.82. The third-order valence-electron chi connectivity index (χ3n) is 5.73. The summed E-state index contributed by atoms with van der Waals surface area (Å²) in [6.45, 7) is 2.05. The second-order valence-corrected chi connectivity index (χ2v) is 7.63. The van der Waals surface area contributed by atoms with E-state index in [1.807, 2.05) is 48.5 Å². The quantitative estimate of drug-likeness (QED) is 0.777. The Labute approximate surface area is 149 Å². The lowest BCUT2D eigenvalue weighted by Gasteiger charge is -2.20. The van der Waals surface area contributed by atoms with Gasteiger partial charge in [0, 0.05) is 12.1 Å². The molecule has 0 aromatic heterocycles. The molecule has 0 unspecified atom stereocenters. The summed E-state index contributed by atoms with van der Waals surface area (Å²) in [5.41, 5.74) is 2.05. The van der Waals surface area contributed by atoms with Crippen LogP contribution < -0.4 is 10.1 Å². The molecule has 2 aliphatic rings. The Morgan fingerprint density at radius 3 is 2.28 bits per heavy atom. The molecule has 130 valence electrons. The Bertz CT molecular complexity index is 736. The molecule has 2 bridgehead atoms. The van der Waals surface area contributed by atoms with E-state index < -0.39 is 0 Å². The second-order valence-electron chi connectivity index (χ2n) is 7.63. The summed E-state index contributed by atoms with van der Waals surface area (Å²) in [7, 11) is 0. The summed E-state index contributed by atoms with van der Waals surface area (Å²) in [4.78, 5) is 12.3. The Hall–Kier alpha value is -2.29. The molecule has 0 spiro atoms. The lowest BCUT2D eigenvalue weighted by Crippen LogP contribution is -2.20. The van der Waals surface area contributed by atoms with Crippen molar-refractivity contribution < 1.29 is 9.53 Å². The van der Waals surface area contributed by atoms with Gasteiger partial charge in [-0.15, -0.1) is 0 Å². The summed E-state index contributed by atoms with van der Waals surface area (Å²) >= 11 is 0. The van der Waals surface area contributed by atoms with Crippen LogP contribution in [0.3, 0.4) is 0 Å². The largest absolute Gasteiger partial charge is 0.457 e. The van der Waals surface area contributed by atoms with E-state index in [9.17, 15) is 4.79 Å². The number of benzene rings is 2. The van der Waals surface area contributed by atoms with Crippen LogP contribution in [0.15, 0.2) is 48.5 Å². The van der Waals surface area contributed by atoms with Gasteiger partial charge in [0.25, 0.3) is 0 Å². The van der Waals surface area contributed by atoms with Gasteiger partial charge >= 0.3 is 0 Å². The highest BCUT2D eigenvalue weighted by molar-refractivity contribution is 5.90. The van der Waals surface area contributed by atoms with Crippen LogP contribution in [0.2, 0.25) is 0 Å². The van der Waals surface area contributed by atoms with Crippen molar-refractivity contribution in [3.05, 3.63) is 54.1 Å². The Morgan fingerprint density at radius 1 is 1.00 bits per heavy atom. The van der Waals surface area contributed by atoms with Crippen molar-refractivity contribution >= 4 is 11.6 Å². The lowest BCUT2D eigenvalue weighted by atomic mass is 9.86. The van der Waals surface area contributed by atoms with Gasteiger partial charge in [-0.3, -0.25) is 4.79 Å². The number of aryl methyl sites for hydroxylation is 1. The van der Waals surface area contributed by atoms with Crippen molar-refractivity contribution in [3.8, 4) is 11.5 Å². The van der Waals surface area contributed by atoms with Crippen LogP contribution >= 0.6 is 0 Å². The first-order valence-electron chi connectivity index (χ1n) is 9.30. The fourth-order valence-electron chi connectivity index (χ4n) is 4.43. The molecule has 25 heavy (non-hydrogen) atoms. The van der Waals surface area contributed by atoms with E-state index in [1.165, 1.54) is 31.2 Å². The van der Waals surface area contributed by atoms with Gasteiger partial charge in [-0.2, -0.15) is 0 Å². The molecule has 0 saturated heterocycles. The minimum atomic E-state index is 0.143. The van der Waals surface area contributed by atoms with E-state index in [2.05, 4.69) is 12.2 Å². The van der Waals surface area contributed by atoms with Gasteiger partial charge < -0.3 is 10.1 Å². The predicted molar refractivity (Wildman–Crippen MR) is 99.9 cm³/mol. The number of hydrogen-bond donors (Lipinski definition) is 1. The highest BCUT2D eigenvalue weighted by Crippen LogP contribution is 2.49. The first kappa shape index (κ1) is 16.2. The van der Waals surface area contributed by atoms with Gasteiger partial charge in [-0.1, -0.05) is 24.1 Å². The molecule has 0 radical (unpaired) electrons. The molecular weight excluding hydrogens is 310 g/mol. The van der Waals surface area contributed by atoms with Crippen LogP contribution in [0.4, 0.5) is 5.69 Å². The number of nitrogens with one attached hydrogen (secondary N) is 1. The number of amides is 1. The number of rotatable bonds is 5. The van der Waals surface area contributed by atoms with Gasteiger partial charge in [0.05, 0.1) is 0 Å². The molecule has 2 aromatic carbocycles. The van der Waals surface area contributed by atoms with E-state index in [1.54, 1.807) is 0 Å². The molecule has 3 atom stereocenters. The number of anilines is 1. The van der Waals surface area contributed by atoms with Crippen molar-refractivity contribution in [3.63, 3.8) is 0 Å². The molecule has 3 nitrogen and oxygen atoms in total. The van der Waals surface area contributed by atoms with E-state index in [-0.39, 0.29) is 5.91 Å². The maximum Gasteiger partial charge on any atom is 0.224 e. The van der Waals surface area contributed by atoms with Gasteiger partial charge in [0.2, 0.25) is 5.91 Å². The average molecular weight is 335 g/mol. The second kappa shape index (κ2) is 6.91. The van der Waals surface area contributed by atoms with E-state index in [0.717, 1.165) is 29.0 Å². The zero-order valence-electron chi connectivity index (χ0n) is 14.7. The molecule has 3 heteroatoms. The number of carbonyl (C=O) groups excluding carboxylic acids is 1. The van der Waals surface area contributed by atoms with Gasteiger partial charge in [0.1, 0.15) is 11.5 Å². The number of hydrogen-bond acceptors (Lipinski definition) is 2. The summed E-state index contributed by atoms with van der Waals surface area (Å²) in [5, 5.41) is 3.03. The Balaban J connectivity index is 1.31. The smallest absolute Gasteiger partial charge is 0.224 e. The summed E-state index contributed by atoms with van der Waals surface area (Å²) in [5.74, 6) is 4.02. The standard InChI is InChI=1S/C22H25NO2/c1-15-2-8-20(9-3-15)25-21-10-6-19(7-11-21)23-22(24)14-18-13-16-4-5-17(18)12-16/h2-3,6-11,16-18H,4-5,12-14H2,1H3,(H,23,24)/t16-,17-,18+/m1/s1. The lowest BCUT2D eigenvalue weighted by molar-refractivity contribution is -0.117. The normalized spacial score (nSPS) is 24.3. The highest BCUT2D eigenvalue weighted by atomic mass is 16.5. The molecular formula is C22H25NO2. The van der Waals surface area contributed by atoms with Crippen LogP contribution in [0, 0.1) is 24.7 Å². The number of fused-ring (bicyclic) bond motifs is 2. The zero-order chi connectivity index (χ0) is 17.2. The van der Waals surface area contributed by atoms with Gasteiger partial charge in [-0.25, -0.2) is 0 Å². The molecule has 0 heterocycles. The van der Waals surface area contributed by atoms with Crippen molar-refractivity contribution in [1.82, 2.24) is 0 Å². The predicted octanol–water partition coefficient (Wildman–Crippen LogP) is 5.55. The van der Waals surface area contributed by atoms with E-state index >= 15 is 0 Å². The van der Waals surface area contributed by atoms with Crippen LogP contribution in [-0.2, 0) is 4.79 Å². The van der Waals surface area contributed by atoms with Crippen molar-refractivity contribution in [2.24, 2.45) is 17.8 Å². The maximum absolute atomic E-state index is 12.3. The zero-order valence-corrected chi connectivity index (χ0v) is 14.7. The van der Waals surface area contributed by atoms with Crippen LogP contribution in [0.5, 0.6) is 11.5 Å². The first-order valence-corrected chi connectivity index (χ1v) is 9.30. The monoisotopic (exact) mass is 335 g/mol. The fourth-order valence-corrected chi connectivity index (χ4v) is 4.43. The summed E-state index contributed by atoms with van der Waals surface area (Å²) in [6.07, 6.45) is 5.98. The SMILES string of the molecule is Cc1ccc(Oc2ccc(NC(=O)C[C@@H]3C[C@@H]4CC[C@@H]3C4)cc2)cc1. The Morgan fingerprint density at radius 2 is 1.68 bits per heavy atom. The minimum Gasteiger partial charge on any atom is -0.457 e. The average Bonchev–Trinajstić information content (AvgIpc) is 3.21. The third-order valence-corrected chi connectivity index (χ3v) is 5.73. The van der Waals surface area contributed by atoms with Gasteiger partial charge in [-0.05, 0) is 80.3 Å². The van der Waals surface area contributed by atoms with Gasteiger partial charge in [0.15, 0.2) is 0 Å². The fraction of sp³-hybridized carbons (Fsp3) is 0.409. The molecule has 1 amide bonds. The molecule has 2 fully saturated rings. The highest BCUT2D eigenvalue weighted by Gasteiger charge is 2.40. The van der Waals surface area contributed by atoms with Crippen molar-refractivity contribution in [2.45, 2.75) is 39.0 Å². The number of ether oxygens (including phenoxy) is 1. The molecule has 2 aromatic rings. The van der Waals surface area contributed by atoms with Crippen LogP contribution in [-0.4, -0.2) is 5.91 Å². The van der Waals surface area contributed by atoms with Crippen molar-refractivity contribution in [2.75, 3.05) is 5.32 Å². The molecule has 2 aliphatic carbocycles. The van der Waals surface area contributed by atoms with E-state index in [4.69, 9.17) is 4.74 Å². The molecule has 4 rings (SSSR count). The van der Waals surface area contributed by atoms with Crippen LogP contribution in [0.25, 0.3) is 0 Å². The third kappa shape index (κ3) is 3.87. The van der Waals surface area contributed by atoms with E-state index in [0.29, 0.717) is 12.3 Å². The molecule has 1 N–H and O–H groups in total. The topological polar surface area (TPSA) is 38.3 Å².